The Morgan fingerprint density at radius 1 is 1.05 bits per heavy atom. The van der Waals surface area contributed by atoms with E-state index in [2.05, 4.69) is 47.8 Å². The van der Waals surface area contributed by atoms with Crippen LogP contribution in [0.15, 0.2) is 56.4 Å². The fourth-order valence-electron chi connectivity index (χ4n) is 1.59. The van der Waals surface area contributed by atoms with E-state index in [1.807, 2.05) is 54.6 Å². The van der Waals surface area contributed by atoms with Gasteiger partial charge in [0.05, 0.1) is 7.86 Å². The van der Waals surface area contributed by atoms with Gasteiger partial charge in [0.1, 0.15) is 12.4 Å². The Kier molecular flexibility index (Phi) is 5.67. The lowest BCUT2D eigenvalue weighted by Gasteiger charge is -2.09. The minimum atomic E-state index is 0.566. The van der Waals surface area contributed by atoms with Gasteiger partial charge in [-0.2, -0.15) is 0 Å². The highest BCUT2D eigenvalue weighted by Gasteiger charge is 2.02. The van der Waals surface area contributed by atoms with Crippen molar-refractivity contribution in [3.8, 4) is 5.75 Å². The van der Waals surface area contributed by atoms with Gasteiger partial charge in [-0.15, -0.1) is 0 Å². The van der Waals surface area contributed by atoms with Crippen molar-refractivity contribution in [2.24, 2.45) is 0 Å². The quantitative estimate of drug-likeness (QED) is 0.550. The Morgan fingerprint density at radius 2 is 1.79 bits per heavy atom. The Hall–Kier alpha value is -0.580. The molecular formula is C15H11Br3O. The van der Waals surface area contributed by atoms with Gasteiger partial charge in [-0.25, -0.2) is 0 Å². The van der Waals surface area contributed by atoms with Gasteiger partial charge < -0.3 is 4.74 Å². The van der Waals surface area contributed by atoms with Crippen molar-refractivity contribution in [2.45, 2.75) is 6.61 Å². The molecule has 0 heterocycles. The first kappa shape index (κ1) is 14.8. The predicted octanol–water partition coefficient (Wildman–Crippen LogP) is 6.12. The van der Waals surface area contributed by atoms with Gasteiger partial charge in [0.25, 0.3) is 0 Å². The number of hydrogen-bond acceptors (Lipinski definition) is 1. The summed E-state index contributed by atoms with van der Waals surface area (Å²) in [4.78, 5) is 0. The molecule has 0 atom stereocenters. The molecule has 0 N–H and O–H groups in total. The maximum Gasteiger partial charge on any atom is 0.134 e. The van der Waals surface area contributed by atoms with Gasteiger partial charge in [0.2, 0.25) is 0 Å². The molecule has 0 bridgehead atoms. The second kappa shape index (κ2) is 7.27. The second-order valence-corrected chi connectivity index (χ2v) is 7.53. The van der Waals surface area contributed by atoms with Gasteiger partial charge in [-0.05, 0) is 77.1 Å². The number of rotatable bonds is 4. The number of hydrogen-bond donors (Lipinski definition) is 0. The molecule has 0 radical (unpaired) electrons. The third-order valence-corrected chi connectivity index (χ3v) is 3.55. The van der Waals surface area contributed by atoms with E-state index in [1.165, 1.54) is 0 Å². The van der Waals surface area contributed by atoms with Crippen LogP contribution in [0.4, 0.5) is 0 Å². The van der Waals surface area contributed by atoms with Crippen molar-refractivity contribution in [2.75, 3.05) is 0 Å². The number of halogens is 3. The minimum Gasteiger partial charge on any atom is -0.488 e. The molecule has 2 aromatic rings. The molecular weight excluding hydrogens is 436 g/mol. The van der Waals surface area contributed by atoms with Crippen LogP contribution in [0.25, 0.3) is 6.08 Å². The first-order chi connectivity index (χ1) is 9.15. The average Bonchev–Trinajstić information content (AvgIpc) is 2.38. The SMILES string of the molecule is BrC(Br)=Cc1ccc(OCc2ccccc2)c(Br)c1. The lowest BCUT2D eigenvalue weighted by Crippen LogP contribution is -1.95. The second-order valence-electron chi connectivity index (χ2n) is 3.90. The molecule has 0 fully saturated rings. The molecule has 98 valence electrons. The van der Waals surface area contributed by atoms with Crippen LogP contribution >= 0.6 is 47.8 Å². The van der Waals surface area contributed by atoms with Gasteiger partial charge in [0, 0.05) is 0 Å². The molecule has 0 aliphatic carbocycles. The maximum absolute atomic E-state index is 5.79. The van der Waals surface area contributed by atoms with Crippen LogP contribution in [0.5, 0.6) is 5.75 Å². The van der Waals surface area contributed by atoms with Crippen LogP contribution < -0.4 is 4.74 Å². The van der Waals surface area contributed by atoms with Crippen molar-refractivity contribution in [1.82, 2.24) is 0 Å². The highest BCUT2D eigenvalue weighted by molar-refractivity contribution is 9.28. The molecule has 4 heteroatoms. The molecule has 0 spiro atoms. The molecule has 0 aromatic heterocycles. The fraction of sp³-hybridized carbons (Fsp3) is 0.0667. The van der Waals surface area contributed by atoms with Crippen LogP contribution in [0.1, 0.15) is 11.1 Å². The lowest BCUT2D eigenvalue weighted by molar-refractivity contribution is 0.304. The summed E-state index contributed by atoms with van der Waals surface area (Å²) in [5.41, 5.74) is 2.24. The summed E-state index contributed by atoms with van der Waals surface area (Å²) in [6.07, 6.45) is 1.98. The Morgan fingerprint density at radius 3 is 2.42 bits per heavy atom. The van der Waals surface area contributed by atoms with E-state index in [1.54, 1.807) is 0 Å². The molecule has 2 aromatic carbocycles. The summed E-state index contributed by atoms with van der Waals surface area (Å²) in [5.74, 6) is 0.840. The van der Waals surface area contributed by atoms with Crippen molar-refractivity contribution >= 4 is 53.9 Å². The molecule has 0 amide bonds. The summed E-state index contributed by atoms with van der Waals surface area (Å²) in [6.45, 7) is 0.566. The van der Waals surface area contributed by atoms with Crippen LogP contribution in [0, 0.1) is 0 Å². The Balaban J connectivity index is 2.07. The summed E-state index contributed by atoms with van der Waals surface area (Å²) < 4.78 is 7.64. The standard InChI is InChI=1S/C15H11Br3O/c16-13-8-12(9-15(17)18)6-7-14(13)19-10-11-4-2-1-3-5-11/h1-9H,10H2. The summed E-state index contributed by atoms with van der Waals surface area (Å²) in [5, 5.41) is 0. The summed E-state index contributed by atoms with van der Waals surface area (Å²) >= 11 is 10.2. The number of ether oxygens (including phenoxy) is 1. The van der Waals surface area contributed by atoms with E-state index in [4.69, 9.17) is 4.74 Å². The summed E-state index contributed by atoms with van der Waals surface area (Å²) in [6, 6.07) is 16.1. The highest BCUT2D eigenvalue weighted by Crippen LogP contribution is 2.28. The van der Waals surface area contributed by atoms with Crippen LogP contribution in [-0.4, -0.2) is 0 Å². The predicted molar refractivity (Wildman–Crippen MR) is 90.7 cm³/mol. The van der Waals surface area contributed by atoms with E-state index < -0.39 is 0 Å². The van der Waals surface area contributed by atoms with E-state index in [9.17, 15) is 0 Å². The van der Waals surface area contributed by atoms with Gasteiger partial charge in [-0.3, -0.25) is 0 Å². The van der Waals surface area contributed by atoms with E-state index in [0.717, 1.165) is 24.7 Å². The molecule has 0 aliphatic rings. The zero-order valence-electron chi connectivity index (χ0n) is 9.95. The van der Waals surface area contributed by atoms with E-state index in [-0.39, 0.29) is 0 Å². The Labute approximate surface area is 138 Å². The van der Waals surface area contributed by atoms with Gasteiger partial charge >= 0.3 is 0 Å². The third kappa shape index (κ3) is 4.79. The molecule has 0 aliphatic heterocycles. The van der Waals surface area contributed by atoms with Gasteiger partial charge in [0.15, 0.2) is 0 Å². The van der Waals surface area contributed by atoms with E-state index >= 15 is 0 Å². The molecule has 1 nitrogen and oxygen atoms in total. The lowest BCUT2D eigenvalue weighted by atomic mass is 10.2. The van der Waals surface area contributed by atoms with Crippen LogP contribution in [0.3, 0.4) is 0 Å². The smallest absolute Gasteiger partial charge is 0.134 e. The molecule has 0 unspecified atom stereocenters. The normalized spacial score (nSPS) is 10.1. The number of benzene rings is 2. The molecule has 19 heavy (non-hydrogen) atoms. The van der Waals surface area contributed by atoms with Crippen molar-refractivity contribution in [3.63, 3.8) is 0 Å². The molecule has 0 saturated carbocycles. The zero-order chi connectivity index (χ0) is 13.7. The highest BCUT2D eigenvalue weighted by atomic mass is 79.9. The van der Waals surface area contributed by atoms with Crippen molar-refractivity contribution < 1.29 is 4.74 Å². The molecule has 0 saturated heterocycles. The Bertz CT molecular complexity index is 575. The topological polar surface area (TPSA) is 9.23 Å². The van der Waals surface area contributed by atoms with E-state index in [0.29, 0.717) is 6.61 Å². The first-order valence-electron chi connectivity index (χ1n) is 5.64. The first-order valence-corrected chi connectivity index (χ1v) is 8.02. The average molecular weight is 447 g/mol. The largest absolute Gasteiger partial charge is 0.488 e. The van der Waals surface area contributed by atoms with Crippen molar-refractivity contribution in [1.29, 1.82) is 0 Å². The maximum atomic E-state index is 5.79. The fourth-order valence-corrected chi connectivity index (χ4v) is 2.62. The zero-order valence-corrected chi connectivity index (χ0v) is 14.7. The van der Waals surface area contributed by atoms with Crippen LogP contribution in [0.2, 0.25) is 0 Å². The van der Waals surface area contributed by atoms with Crippen LogP contribution in [-0.2, 0) is 6.61 Å². The van der Waals surface area contributed by atoms with Gasteiger partial charge in [-0.1, -0.05) is 36.4 Å². The minimum absolute atomic E-state index is 0.566. The molecule has 2 rings (SSSR count). The van der Waals surface area contributed by atoms with Crippen molar-refractivity contribution in [3.05, 3.63) is 67.5 Å². The third-order valence-electron chi connectivity index (χ3n) is 2.47. The monoisotopic (exact) mass is 444 g/mol. The summed E-state index contributed by atoms with van der Waals surface area (Å²) in [7, 11) is 0.